The monoisotopic (exact) mass is 346 g/mol. The van der Waals surface area contributed by atoms with Crippen LogP contribution in [0.3, 0.4) is 0 Å². The summed E-state index contributed by atoms with van der Waals surface area (Å²) in [6, 6.07) is 0. The predicted octanol–water partition coefficient (Wildman–Crippen LogP) is 3.41. The first-order valence-corrected chi connectivity index (χ1v) is 8.84. The number of Topliss-reactive ketones (excluding diaryl/α,β-unsaturated/α-hetero) is 2. The Labute approximate surface area is 139 Å². The molecule has 0 aromatic heterocycles. The molecule has 7 heteroatoms. The first-order valence-electron chi connectivity index (χ1n) is 6.98. The van der Waals surface area contributed by atoms with E-state index in [9.17, 15) is 14.7 Å². The van der Waals surface area contributed by atoms with Crippen LogP contribution in [0.25, 0.3) is 0 Å². The van der Waals surface area contributed by atoms with E-state index in [0.717, 1.165) is 0 Å². The van der Waals surface area contributed by atoms with Gasteiger partial charge in [0.25, 0.3) is 0 Å². The fraction of sp³-hybridized carbons (Fsp3) is 0.600. The van der Waals surface area contributed by atoms with Crippen LogP contribution in [-0.4, -0.2) is 40.6 Å². The highest BCUT2D eigenvalue weighted by molar-refractivity contribution is 8.08. The van der Waals surface area contributed by atoms with E-state index < -0.39 is 6.29 Å². The molecule has 0 amide bonds. The summed E-state index contributed by atoms with van der Waals surface area (Å²) in [6.45, 7) is 8.51. The van der Waals surface area contributed by atoms with E-state index in [2.05, 4.69) is 0 Å². The van der Waals surface area contributed by atoms with Crippen molar-refractivity contribution in [3.8, 4) is 0 Å². The Hall–Kier alpha value is -0.920. The number of ether oxygens (including phenoxy) is 2. The van der Waals surface area contributed by atoms with Gasteiger partial charge in [0.2, 0.25) is 6.29 Å². The Morgan fingerprint density at radius 3 is 2.45 bits per heavy atom. The number of aliphatic hydroxyl groups is 1. The number of hydrogen-bond donors (Lipinski definition) is 1. The molecule has 5 nitrogen and oxygen atoms in total. The van der Waals surface area contributed by atoms with Gasteiger partial charge in [-0.2, -0.15) is 0 Å². The number of ketones is 2. The van der Waals surface area contributed by atoms with E-state index in [1.807, 2.05) is 6.92 Å². The third-order valence-electron chi connectivity index (χ3n) is 2.88. The number of rotatable bonds is 7. The van der Waals surface area contributed by atoms with Crippen molar-refractivity contribution >= 4 is 35.1 Å². The van der Waals surface area contributed by atoms with E-state index in [-0.39, 0.29) is 22.6 Å². The van der Waals surface area contributed by atoms with Gasteiger partial charge in [-0.15, -0.1) is 23.5 Å². The summed E-state index contributed by atoms with van der Waals surface area (Å²) in [5, 5.41) is 9.43. The second-order valence-corrected chi connectivity index (χ2v) is 7.10. The standard InChI is InChI=1S/C15H22O5S2/c1-6-19-15-12(7-21-13(8(2)16)9(3)17)22-14(10(4)18)11(5)20-15/h12,15-16H,6-7H2,1-5H3/b13-8+/t12-,15+/m0/s1. The molecule has 0 bridgehead atoms. The predicted molar refractivity (Wildman–Crippen MR) is 89.7 cm³/mol. The van der Waals surface area contributed by atoms with E-state index in [0.29, 0.717) is 27.9 Å². The molecular formula is C15H22O5S2. The maximum atomic E-state index is 11.7. The van der Waals surface area contributed by atoms with E-state index in [1.54, 1.807) is 6.92 Å². The maximum Gasteiger partial charge on any atom is 0.212 e. The van der Waals surface area contributed by atoms with Gasteiger partial charge in [-0.3, -0.25) is 9.59 Å². The molecule has 2 atom stereocenters. The Balaban J connectivity index is 2.88. The van der Waals surface area contributed by atoms with Gasteiger partial charge in [0, 0.05) is 12.4 Å². The number of carbonyl (C=O) groups excluding carboxylic acids is 2. The van der Waals surface area contributed by atoms with Crippen molar-refractivity contribution in [1.29, 1.82) is 0 Å². The SMILES string of the molecule is CCO[C@@H]1OC(C)=C(C(C)=O)S[C@H]1CS/C(C(C)=O)=C(\C)O. The van der Waals surface area contributed by atoms with Crippen molar-refractivity contribution in [3.05, 3.63) is 21.3 Å². The zero-order valence-corrected chi connectivity index (χ0v) is 15.1. The molecular weight excluding hydrogens is 324 g/mol. The van der Waals surface area contributed by atoms with Gasteiger partial charge in [0.15, 0.2) is 11.6 Å². The van der Waals surface area contributed by atoms with Crippen molar-refractivity contribution in [3.63, 3.8) is 0 Å². The minimum atomic E-state index is -0.474. The van der Waals surface area contributed by atoms with Crippen molar-refractivity contribution in [2.75, 3.05) is 12.4 Å². The molecule has 0 aromatic carbocycles. The van der Waals surface area contributed by atoms with E-state index in [4.69, 9.17) is 9.47 Å². The van der Waals surface area contributed by atoms with Crippen molar-refractivity contribution in [1.82, 2.24) is 0 Å². The summed E-state index contributed by atoms with van der Waals surface area (Å²) < 4.78 is 11.3. The van der Waals surface area contributed by atoms with Gasteiger partial charge in [-0.1, -0.05) is 0 Å². The van der Waals surface area contributed by atoms with E-state index >= 15 is 0 Å². The third-order valence-corrected chi connectivity index (χ3v) is 5.99. The molecule has 0 fully saturated rings. The van der Waals surface area contributed by atoms with Crippen LogP contribution in [-0.2, 0) is 19.1 Å². The highest BCUT2D eigenvalue weighted by Gasteiger charge is 2.33. The van der Waals surface area contributed by atoms with Gasteiger partial charge in [0.1, 0.15) is 11.5 Å². The number of thioether (sulfide) groups is 2. The summed E-state index contributed by atoms with van der Waals surface area (Å²) in [5.74, 6) is 0.835. The van der Waals surface area contributed by atoms with E-state index in [1.165, 1.54) is 44.3 Å². The van der Waals surface area contributed by atoms with Crippen LogP contribution < -0.4 is 0 Å². The first kappa shape index (κ1) is 19.1. The molecule has 0 radical (unpaired) electrons. The molecule has 1 rings (SSSR count). The van der Waals surface area contributed by atoms with Gasteiger partial charge in [0.05, 0.1) is 15.1 Å². The molecule has 0 saturated carbocycles. The molecule has 0 aliphatic carbocycles. The molecule has 0 unspecified atom stereocenters. The normalized spacial score (nSPS) is 23.0. The van der Waals surface area contributed by atoms with Gasteiger partial charge >= 0.3 is 0 Å². The molecule has 1 aliphatic rings. The number of allylic oxidation sites excluding steroid dienone is 4. The smallest absolute Gasteiger partial charge is 0.212 e. The van der Waals surface area contributed by atoms with Crippen molar-refractivity contribution in [2.24, 2.45) is 0 Å². The van der Waals surface area contributed by atoms with Crippen LogP contribution in [0.5, 0.6) is 0 Å². The lowest BCUT2D eigenvalue weighted by Crippen LogP contribution is -2.35. The van der Waals surface area contributed by atoms with Crippen LogP contribution in [0.15, 0.2) is 21.3 Å². The lowest BCUT2D eigenvalue weighted by molar-refractivity contribution is -0.118. The molecule has 124 valence electrons. The highest BCUT2D eigenvalue weighted by Crippen LogP contribution is 2.38. The largest absolute Gasteiger partial charge is 0.511 e. The van der Waals surface area contributed by atoms with Crippen LogP contribution in [0.4, 0.5) is 0 Å². The van der Waals surface area contributed by atoms with Gasteiger partial charge < -0.3 is 14.6 Å². The van der Waals surface area contributed by atoms with Crippen molar-refractivity contribution in [2.45, 2.75) is 46.2 Å². The fourth-order valence-electron chi connectivity index (χ4n) is 1.97. The number of hydrogen-bond acceptors (Lipinski definition) is 7. The Bertz CT molecular complexity index is 506. The van der Waals surface area contributed by atoms with Crippen LogP contribution in [0, 0.1) is 0 Å². The molecule has 0 saturated heterocycles. The lowest BCUT2D eigenvalue weighted by atomic mass is 10.3. The molecule has 1 aliphatic heterocycles. The average molecular weight is 346 g/mol. The number of aliphatic hydroxyl groups excluding tert-OH is 1. The van der Waals surface area contributed by atoms with Crippen LogP contribution in [0.1, 0.15) is 34.6 Å². The second kappa shape index (κ2) is 8.64. The number of carbonyl (C=O) groups is 2. The summed E-state index contributed by atoms with van der Waals surface area (Å²) in [7, 11) is 0. The van der Waals surface area contributed by atoms with Crippen LogP contribution in [0.2, 0.25) is 0 Å². The molecule has 0 aromatic rings. The minimum Gasteiger partial charge on any atom is -0.511 e. The third kappa shape index (κ3) is 5.07. The summed E-state index contributed by atoms with van der Waals surface area (Å²) in [5.41, 5.74) is 0. The van der Waals surface area contributed by atoms with Gasteiger partial charge in [-0.25, -0.2) is 0 Å². The molecule has 22 heavy (non-hydrogen) atoms. The average Bonchev–Trinajstić information content (AvgIpc) is 2.40. The Morgan fingerprint density at radius 1 is 1.36 bits per heavy atom. The Kier molecular flexibility index (Phi) is 7.52. The zero-order valence-electron chi connectivity index (χ0n) is 13.5. The fourth-order valence-corrected chi connectivity index (χ4v) is 4.27. The molecule has 1 heterocycles. The maximum absolute atomic E-state index is 11.7. The molecule has 0 spiro atoms. The Morgan fingerprint density at radius 2 is 2.00 bits per heavy atom. The summed E-state index contributed by atoms with van der Waals surface area (Å²) in [4.78, 5) is 24.1. The first-order chi connectivity index (χ1) is 10.3. The molecule has 1 N–H and O–H groups in total. The lowest BCUT2D eigenvalue weighted by Gasteiger charge is -2.32. The highest BCUT2D eigenvalue weighted by atomic mass is 32.2. The second-order valence-electron chi connectivity index (χ2n) is 4.82. The quantitative estimate of drug-likeness (QED) is 0.559. The topological polar surface area (TPSA) is 72.8 Å². The van der Waals surface area contributed by atoms with Crippen LogP contribution >= 0.6 is 23.5 Å². The zero-order chi connectivity index (χ0) is 16.9. The minimum absolute atomic E-state index is 0.00528. The van der Waals surface area contributed by atoms with Crippen molar-refractivity contribution < 1.29 is 24.2 Å². The summed E-state index contributed by atoms with van der Waals surface area (Å²) in [6.07, 6.45) is -0.474. The summed E-state index contributed by atoms with van der Waals surface area (Å²) >= 11 is 2.66. The van der Waals surface area contributed by atoms with Gasteiger partial charge in [-0.05, 0) is 34.6 Å².